The minimum atomic E-state index is 0.201. The maximum absolute atomic E-state index is 12.6. The molecular weight excluding hydrogens is 296 g/mol. The number of rotatable bonds is 5. The molecule has 24 heavy (non-hydrogen) atoms. The standard InChI is InChI=1S/C21H26N2O/c1-15(2)18-9-6-7-16(3)21(18)22-13-11-20(24)23-14-12-17-8-4-5-10-19(17)23/h4-10,15,22H,11-14H2,1-3H3. The third-order valence-electron chi connectivity index (χ3n) is 4.76. The van der Waals surface area contributed by atoms with E-state index in [4.69, 9.17) is 0 Å². The molecule has 0 radical (unpaired) electrons. The maximum Gasteiger partial charge on any atom is 0.228 e. The number of para-hydroxylation sites is 2. The minimum absolute atomic E-state index is 0.201. The molecule has 3 rings (SSSR count). The molecule has 3 nitrogen and oxygen atoms in total. The van der Waals surface area contributed by atoms with E-state index in [9.17, 15) is 4.79 Å². The molecule has 1 aliphatic rings. The van der Waals surface area contributed by atoms with Crippen molar-refractivity contribution in [2.45, 2.75) is 39.5 Å². The zero-order valence-electron chi connectivity index (χ0n) is 14.8. The molecule has 0 bridgehead atoms. The summed E-state index contributed by atoms with van der Waals surface area (Å²) in [4.78, 5) is 14.5. The fraction of sp³-hybridized carbons (Fsp3) is 0.381. The van der Waals surface area contributed by atoms with Crippen LogP contribution in [-0.2, 0) is 11.2 Å². The van der Waals surface area contributed by atoms with Crippen molar-refractivity contribution in [3.63, 3.8) is 0 Å². The van der Waals surface area contributed by atoms with Crippen molar-refractivity contribution >= 4 is 17.3 Å². The Morgan fingerprint density at radius 1 is 1.17 bits per heavy atom. The second kappa shape index (κ2) is 7.08. The Balaban J connectivity index is 1.63. The lowest BCUT2D eigenvalue weighted by atomic mass is 9.98. The fourth-order valence-corrected chi connectivity index (χ4v) is 3.44. The lowest BCUT2D eigenvalue weighted by molar-refractivity contribution is -0.118. The van der Waals surface area contributed by atoms with Crippen LogP contribution in [0.1, 0.15) is 42.9 Å². The zero-order chi connectivity index (χ0) is 17.1. The summed E-state index contributed by atoms with van der Waals surface area (Å²) in [6.07, 6.45) is 1.48. The van der Waals surface area contributed by atoms with Gasteiger partial charge in [0.15, 0.2) is 0 Å². The lowest BCUT2D eigenvalue weighted by Crippen LogP contribution is -2.30. The third-order valence-corrected chi connectivity index (χ3v) is 4.76. The van der Waals surface area contributed by atoms with Crippen LogP contribution in [0.4, 0.5) is 11.4 Å². The van der Waals surface area contributed by atoms with Crippen LogP contribution in [-0.4, -0.2) is 19.0 Å². The molecule has 0 fully saturated rings. The van der Waals surface area contributed by atoms with Gasteiger partial charge in [-0.25, -0.2) is 0 Å². The molecule has 0 aromatic heterocycles. The van der Waals surface area contributed by atoms with Gasteiger partial charge in [-0.1, -0.05) is 50.2 Å². The molecule has 0 saturated carbocycles. The quantitative estimate of drug-likeness (QED) is 0.878. The Hall–Kier alpha value is -2.29. The van der Waals surface area contributed by atoms with E-state index in [1.54, 1.807) is 0 Å². The third kappa shape index (κ3) is 3.30. The van der Waals surface area contributed by atoms with E-state index in [1.807, 2.05) is 23.1 Å². The van der Waals surface area contributed by atoms with Gasteiger partial charge in [0.1, 0.15) is 0 Å². The second-order valence-electron chi connectivity index (χ2n) is 6.79. The van der Waals surface area contributed by atoms with Gasteiger partial charge in [0.05, 0.1) is 0 Å². The van der Waals surface area contributed by atoms with Crippen LogP contribution in [0.2, 0.25) is 0 Å². The molecule has 1 amide bonds. The number of carbonyl (C=O) groups excluding carboxylic acids is 1. The number of hydrogen-bond acceptors (Lipinski definition) is 2. The summed E-state index contributed by atoms with van der Waals surface area (Å²) in [6, 6.07) is 14.6. The molecule has 1 N–H and O–H groups in total. The van der Waals surface area contributed by atoms with E-state index >= 15 is 0 Å². The summed E-state index contributed by atoms with van der Waals surface area (Å²) < 4.78 is 0. The SMILES string of the molecule is Cc1cccc(C(C)C)c1NCCC(=O)N1CCc2ccccc21. The number of benzene rings is 2. The fourth-order valence-electron chi connectivity index (χ4n) is 3.44. The molecule has 0 aliphatic carbocycles. The monoisotopic (exact) mass is 322 g/mol. The Morgan fingerprint density at radius 3 is 2.75 bits per heavy atom. The maximum atomic E-state index is 12.6. The second-order valence-corrected chi connectivity index (χ2v) is 6.79. The molecule has 0 spiro atoms. The van der Waals surface area contributed by atoms with Crippen LogP contribution >= 0.6 is 0 Å². The minimum Gasteiger partial charge on any atom is -0.384 e. The number of aryl methyl sites for hydroxylation is 1. The molecule has 0 unspecified atom stereocenters. The van der Waals surface area contributed by atoms with Crippen molar-refractivity contribution in [2.75, 3.05) is 23.3 Å². The van der Waals surface area contributed by atoms with Crippen LogP contribution < -0.4 is 10.2 Å². The van der Waals surface area contributed by atoms with Crippen LogP contribution in [0.5, 0.6) is 0 Å². The first-order chi connectivity index (χ1) is 11.6. The van der Waals surface area contributed by atoms with Crippen LogP contribution in [0.25, 0.3) is 0 Å². The lowest BCUT2D eigenvalue weighted by Gasteiger charge is -2.20. The van der Waals surface area contributed by atoms with Gasteiger partial charge in [-0.2, -0.15) is 0 Å². The Morgan fingerprint density at radius 2 is 1.96 bits per heavy atom. The Kier molecular flexibility index (Phi) is 4.89. The highest BCUT2D eigenvalue weighted by atomic mass is 16.2. The van der Waals surface area contributed by atoms with Gasteiger partial charge >= 0.3 is 0 Å². The summed E-state index contributed by atoms with van der Waals surface area (Å²) in [5.41, 5.74) is 6.09. The van der Waals surface area contributed by atoms with Crippen LogP contribution in [0.15, 0.2) is 42.5 Å². The largest absolute Gasteiger partial charge is 0.384 e. The van der Waals surface area contributed by atoms with Crippen molar-refractivity contribution in [1.29, 1.82) is 0 Å². The van der Waals surface area contributed by atoms with Gasteiger partial charge < -0.3 is 10.2 Å². The van der Waals surface area contributed by atoms with E-state index in [2.05, 4.69) is 50.4 Å². The van der Waals surface area contributed by atoms with Gasteiger partial charge in [-0.15, -0.1) is 0 Å². The Labute approximate surface area is 144 Å². The smallest absolute Gasteiger partial charge is 0.228 e. The summed E-state index contributed by atoms with van der Waals surface area (Å²) >= 11 is 0. The zero-order valence-corrected chi connectivity index (χ0v) is 14.8. The van der Waals surface area contributed by atoms with E-state index < -0.39 is 0 Å². The first-order valence-electron chi connectivity index (χ1n) is 8.79. The summed E-state index contributed by atoms with van der Waals surface area (Å²) in [7, 11) is 0. The molecule has 0 saturated heterocycles. The normalized spacial score (nSPS) is 13.2. The molecule has 2 aromatic carbocycles. The van der Waals surface area contributed by atoms with Gasteiger partial charge in [0, 0.05) is 30.9 Å². The van der Waals surface area contributed by atoms with Crippen LogP contribution in [0.3, 0.4) is 0 Å². The molecular formula is C21H26N2O. The van der Waals surface area contributed by atoms with Crippen molar-refractivity contribution in [2.24, 2.45) is 0 Å². The summed E-state index contributed by atoms with van der Waals surface area (Å²) in [5, 5.41) is 3.49. The molecule has 3 heteroatoms. The highest BCUT2D eigenvalue weighted by Gasteiger charge is 2.23. The van der Waals surface area contributed by atoms with Gasteiger partial charge in [0.25, 0.3) is 0 Å². The molecule has 1 heterocycles. The Bertz CT molecular complexity index is 736. The molecule has 0 atom stereocenters. The number of amides is 1. The predicted octanol–water partition coefficient (Wildman–Crippen LogP) is 4.51. The number of nitrogens with zero attached hydrogens (tertiary/aromatic N) is 1. The number of anilines is 2. The van der Waals surface area contributed by atoms with Gasteiger partial charge in [-0.05, 0) is 42.0 Å². The predicted molar refractivity (Wildman–Crippen MR) is 101 cm³/mol. The number of carbonyl (C=O) groups is 1. The number of fused-ring (bicyclic) bond motifs is 1. The van der Waals surface area contributed by atoms with Crippen molar-refractivity contribution < 1.29 is 4.79 Å². The number of nitrogens with one attached hydrogen (secondary N) is 1. The molecule has 1 aliphatic heterocycles. The van der Waals surface area contributed by atoms with E-state index in [1.165, 1.54) is 22.4 Å². The average molecular weight is 322 g/mol. The van der Waals surface area contributed by atoms with Crippen molar-refractivity contribution in [3.05, 3.63) is 59.2 Å². The highest BCUT2D eigenvalue weighted by molar-refractivity contribution is 5.95. The van der Waals surface area contributed by atoms with E-state index in [0.29, 0.717) is 18.9 Å². The highest BCUT2D eigenvalue weighted by Crippen LogP contribution is 2.29. The van der Waals surface area contributed by atoms with Gasteiger partial charge in [0.2, 0.25) is 5.91 Å². The average Bonchev–Trinajstić information content (AvgIpc) is 3.00. The van der Waals surface area contributed by atoms with Gasteiger partial charge in [-0.3, -0.25) is 4.79 Å². The molecule has 126 valence electrons. The van der Waals surface area contributed by atoms with E-state index in [0.717, 1.165) is 18.7 Å². The molecule has 2 aromatic rings. The first kappa shape index (κ1) is 16.6. The van der Waals surface area contributed by atoms with E-state index in [-0.39, 0.29) is 5.91 Å². The number of hydrogen-bond donors (Lipinski definition) is 1. The summed E-state index contributed by atoms with van der Waals surface area (Å²) in [6.45, 7) is 7.99. The first-order valence-corrected chi connectivity index (χ1v) is 8.79. The van der Waals surface area contributed by atoms with Crippen molar-refractivity contribution in [3.8, 4) is 0 Å². The van der Waals surface area contributed by atoms with Crippen LogP contribution in [0, 0.1) is 6.92 Å². The topological polar surface area (TPSA) is 32.3 Å². The summed E-state index contributed by atoms with van der Waals surface area (Å²) in [5.74, 6) is 0.667. The van der Waals surface area contributed by atoms with Crippen molar-refractivity contribution in [1.82, 2.24) is 0 Å².